The van der Waals surface area contributed by atoms with E-state index in [0.717, 1.165) is 12.1 Å². The molecule has 112 valence electrons. The van der Waals surface area contributed by atoms with Crippen LogP contribution in [0.5, 0.6) is 0 Å². The van der Waals surface area contributed by atoms with Crippen molar-refractivity contribution in [1.82, 2.24) is 0 Å². The minimum absolute atomic E-state index is 0.0396. The second-order valence-electron chi connectivity index (χ2n) is 4.74. The van der Waals surface area contributed by atoms with Gasteiger partial charge in [-0.15, -0.1) is 0 Å². The first-order chi connectivity index (χ1) is 9.79. The lowest BCUT2D eigenvalue weighted by molar-refractivity contribution is 0.495. The van der Waals surface area contributed by atoms with E-state index in [0.29, 0.717) is 12.1 Å². The van der Waals surface area contributed by atoms with Crippen LogP contribution in [-0.4, -0.2) is 0 Å². The third-order valence-corrected chi connectivity index (χ3v) is 3.13. The van der Waals surface area contributed by atoms with Crippen molar-refractivity contribution in [3.63, 3.8) is 0 Å². The predicted octanol–water partition coefficient (Wildman–Crippen LogP) is 4.86. The summed E-state index contributed by atoms with van der Waals surface area (Å²) in [5.74, 6) is -4.85. The number of hydrogen-bond donors (Lipinski definition) is 1. The molecule has 1 N–H and O–H groups in total. The molecule has 6 heteroatoms. The summed E-state index contributed by atoms with van der Waals surface area (Å²) < 4.78 is 66.7. The fourth-order valence-electron chi connectivity index (χ4n) is 1.94. The summed E-state index contributed by atoms with van der Waals surface area (Å²) in [5.41, 5.74) is -0.230. The van der Waals surface area contributed by atoms with Crippen LogP contribution in [0, 0.1) is 36.0 Å². The zero-order valence-electron chi connectivity index (χ0n) is 11.3. The van der Waals surface area contributed by atoms with E-state index in [-0.39, 0.29) is 16.8 Å². The molecule has 1 unspecified atom stereocenters. The monoisotopic (exact) mass is 301 g/mol. The Bertz CT molecular complexity index is 684. The van der Waals surface area contributed by atoms with Gasteiger partial charge in [0.2, 0.25) is 0 Å². The Kier molecular flexibility index (Phi) is 4.16. The van der Waals surface area contributed by atoms with Crippen LogP contribution in [0.15, 0.2) is 24.3 Å². The van der Waals surface area contributed by atoms with Crippen molar-refractivity contribution in [3.05, 3.63) is 64.5 Å². The van der Waals surface area contributed by atoms with Gasteiger partial charge >= 0.3 is 0 Å². The second kappa shape index (κ2) is 5.71. The second-order valence-corrected chi connectivity index (χ2v) is 4.74. The zero-order valence-corrected chi connectivity index (χ0v) is 11.3. The molecule has 1 nitrogen and oxygen atoms in total. The fourth-order valence-corrected chi connectivity index (χ4v) is 1.94. The smallest absolute Gasteiger partial charge is 0.161 e. The van der Waals surface area contributed by atoms with Crippen molar-refractivity contribution in [3.8, 4) is 0 Å². The highest BCUT2D eigenvalue weighted by atomic mass is 19.2. The van der Waals surface area contributed by atoms with Gasteiger partial charge in [-0.25, -0.2) is 22.0 Å². The van der Waals surface area contributed by atoms with E-state index >= 15 is 0 Å². The van der Waals surface area contributed by atoms with Crippen molar-refractivity contribution in [2.75, 3.05) is 5.32 Å². The van der Waals surface area contributed by atoms with Crippen molar-refractivity contribution < 1.29 is 22.0 Å². The molecule has 0 aromatic heterocycles. The van der Waals surface area contributed by atoms with E-state index in [1.807, 2.05) is 0 Å². The number of rotatable bonds is 3. The molecular weight excluding hydrogens is 289 g/mol. The van der Waals surface area contributed by atoms with Crippen LogP contribution < -0.4 is 5.32 Å². The van der Waals surface area contributed by atoms with Gasteiger partial charge in [-0.05, 0) is 31.5 Å². The van der Waals surface area contributed by atoms with Crippen molar-refractivity contribution in [2.45, 2.75) is 19.9 Å². The van der Waals surface area contributed by atoms with Gasteiger partial charge in [-0.3, -0.25) is 0 Å². The molecule has 21 heavy (non-hydrogen) atoms. The fraction of sp³-hybridized carbons (Fsp3) is 0.200. The van der Waals surface area contributed by atoms with Crippen LogP contribution >= 0.6 is 0 Å². The Morgan fingerprint density at radius 1 is 0.762 bits per heavy atom. The summed E-state index contributed by atoms with van der Waals surface area (Å²) in [5, 5.41) is 2.49. The molecule has 0 amide bonds. The molecular formula is C15H12F5N. The van der Waals surface area contributed by atoms with Crippen molar-refractivity contribution >= 4 is 5.69 Å². The quantitative estimate of drug-likeness (QED) is 0.630. The molecule has 0 aliphatic carbocycles. The maximum atomic E-state index is 13.8. The highest BCUT2D eigenvalue weighted by Crippen LogP contribution is 2.26. The molecule has 0 heterocycles. The first kappa shape index (κ1) is 15.3. The van der Waals surface area contributed by atoms with Crippen LogP contribution in [0.4, 0.5) is 27.6 Å². The standard InChI is InChI=1S/C15H12F5N/c1-7-3-11(17)9(4-10(7)16)8(2)21-15-6-13(19)12(18)5-14(15)20/h3-6,8,21H,1-2H3. The lowest BCUT2D eigenvalue weighted by Gasteiger charge is -2.17. The molecule has 2 rings (SSSR count). The highest BCUT2D eigenvalue weighted by Gasteiger charge is 2.17. The third-order valence-electron chi connectivity index (χ3n) is 3.13. The summed E-state index contributed by atoms with van der Waals surface area (Å²) in [4.78, 5) is 0. The van der Waals surface area contributed by atoms with E-state index in [1.54, 1.807) is 0 Å². The van der Waals surface area contributed by atoms with Gasteiger partial charge in [-0.1, -0.05) is 0 Å². The van der Waals surface area contributed by atoms with Gasteiger partial charge in [0, 0.05) is 17.7 Å². The van der Waals surface area contributed by atoms with Gasteiger partial charge < -0.3 is 5.32 Å². The maximum absolute atomic E-state index is 13.8. The molecule has 0 saturated carbocycles. The normalized spacial score (nSPS) is 12.3. The van der Waals surface area contributed by atoms with E-state index in [9.17, 15) is 22.0 Å². The summed E-state index contributed by atoms with van der Waals surface area (Å²) in [6.07, 6.45) is 0. The largest absolute Gasteiger partial charge is 0.376 e. The van der Waals surface area contributed by atoms with Crippen LogP contribution in [0.1, 0.15) is 24.1 Å². The Balaban J connectivity index is 2.32. The Hall–Kier alpha value is -2.11. The van der Waals surface area contributed by atoms with E-state index in [2.05, 4.69) is 5.32 Å². The first-order valence-electron chi connectivity index (χ1n) is 6.16. The van der Waals surface area contributed by atoms with Crippen LogP contribution in [0.25, 0.3) is 0 Å². The van der Waals surface area contributed by atoms with Crippen LogP contribution in [0.3, 0.4) is 0 Å². The number of halogens is 5. The molecule has 0 aliphatic rings. The van der Waals surface area contributed by atoms with Crippen molar-refractivity contribution in [2.24, 2.45) is 0 Å². The number of anilines is 1. The number of aryl methyl sites for hydroxylation is 1. The van der Waals surface area contributed by atoms with Gasteiger partial charge in [-0.2, -0.15) is 0 Å². The van der Waals surface area contributed by atoms with Gasteiger partial charge in [0.05, 0.1) is 11.7 Å². The molecule has 0 spiro atoms. The lowest BCUT2D eigenvalue weighted by Crippen LogP contribution is -2.11. The molecule has 1 atom stereocenters. The molecule has 0 saturated heterocycles. The molecule has 0 aliphatic heterocycles. The minimum atomic E-state index is -1.32. The number of nitrogens with one attached hydrogen (secondary N) is 1. The average molecular weight is 301 g/mol. The Morgan fingerprint density at radius 2 is 1.38 bits per heavy atom. The van der Waals surface area contributed by atoms with E-state index in [4.69, 9.17) is 0 Å². The van der Waals surface area contributed by atoms with Crippen molar-refractivity contribution in [1.29, 1.82) is 0 Å². The zero-order chi connectivity index (χ0) is 15.7. The van der Waals surface area contributed by atoms with Crippen LogP contribution in [-0.2, 0) is 0 Å². The first-order valence-corrected chi connectivity index (χ1v) is 6.16. The molecule has 0 fully saturated rings. The van der Waals surface area contributed by atoms with E-state index < -0.39 is 35.1 Å². The molecule has 2 aromatic carbocycles. The van der Waals surface area contributed by atoms with Gasteiger partial charge in [0.15, 0.2) is 11.6 Å². The minimum Gasteiger partial charge on any atom is -0.376 e. The summed E-state index contributed by atoms with van der Waals surface area (Å²) in [6.45, 7) is 2.86. The average Bonchev–Trinajstić information content (AvgIpc) is 2.40. The molecule has 0 radical (unpaired) electrons. The maximum Gasteiger partial charge on any atom is 0.161 e. The van der Waals surface area contributed by atoms with Gasteiger partial charge in [0.25, 0.3) is 0 Å². The van der Waals surface area contributed by atoms with Gasteiger partial charge in [0.1, 0.15) is 17.5 Å². The Labute approximate surface area is 118 Å². The molecule has 2 aromatic rings. The SMILES string of the molecule is Cc1cc(F)c(C(C)Nc2cc(F)c(F)cc2F)cc1F. The van der Waals surface area contributed by atoms with E-state index in [1.165, 1.54) is 13.8 Å². The Morgan fingerprint density at radius 3 is 2.05 bits per heavy atom. The summed E-state index contributed by atoms with van der Waals surface area (Å²) in [6, 6.07) is 2.18. The summed E-state index contributed by atoms with van der Waals surface area (Å²) >= 11 is 0. The van der Waals surface area contributed by atoms with Crippen LogP contribution in [0.2, 0.25) is 0 Å². The number of hydrogen-bond acceptors (Lipinski definition) is 1. The lowest BCUT2D eigenvalue weighted by atomic mass is 10.0. The number of benzene rings is 2. The third kappa shape index (κ3) is 3.15. The highest BCUT2D eigenvalue weighted by molar-refractivity contribution is 5.47. The summed E-state index contributed by atoms with van der Waals surface area (Å²) in [7, 11) is 0. The molecule has 0 bridgehead atoms. The topological polar surface area (TPSA) is 12.0 Å². The predicted molar refractivity (Wildman–Crippen MR) is 69.4 cm³/mol.